The van der Waals surface area contributed by atoms with E-state index in [0.717, 1.165) is 12.8 Å². The largest absolute Gasteiger partial charge is 0.488 e. The topological polar surface area (TPSA) is 85.5 Å². The third-order valence-corrected chi connectivity index (χ3v) is 4.45. The van der Waals surface area contributed by atoms with Gasteiger partial charge in [0, 0.05) is 28.8 Å². The minimum atomic E-state index is -1.46. The van der Waals surface area contributed by atoms with E-state index in [4.69, 9.17) is 9.47 Å². The van der Waals surface area contributed by atoms with Gasteiger partial charge in [0.05, 0.1) is 19.0 Å². The lowest BCUT2D eigenvalue weighted by Crippen LogP contribution is -2.26. The lowest BCUT2D eigenvalue weighted by molar-refractivity contribution is -0.142. The summed E-state index contributed by atoms with van der Waals surface area (Å²) >= 11 is 0. The van der Waals surface area contributed by atoms with Crippen molar-refractivity contribution in [1.29, 1.82) is 0 Å². The first-order valence-corrected chi connectivity index (χ1v) is 8.76. The van der Waals surface area contributed by atoms with Crippen LogP contribution < -0.4 is 10.2 Å². The average molecular weight is 329 g/mol. The molecular formula is C15H23NO5S. The Hall–Kier alpha value is -1.63. The van der Waals surface area contributed by atoms with Crippen LogP contribution in [0.5, 0.6) is 5.75 Å². The van der Waals surface area contributed by atoms with Crippen molar-refractivity contribution in [3.05, 3.63) is 28.2 Å². The molecule has 1 aromatic heterocycles. The Morgan fingerprint density at radius 3 is 2.59 bits per heavy atom. The highest BCUT2D eigenvalue weighted by atomic mass is 32.2. The maximum Gasteiger partial charge on any atom is 0.321 e. The summed E-state index contributed by atoms with van der Waals surface area (Å²) in [5, 5.41) is -0.730. The van der Waals surface area contributed by atoms with Gasteiger partial charge in [-0.15, -0.1) is 0 Å². The molecule has 0 radical (unpaired) electrons. The van der Waals surface area contributed by atoms with E-state index in [2.05, 4.69) is 4.98 Å². The second-order valence-electron chi connectivity index (χ2n) is 4.87. The maximum absolute atomic E-state index is 12.1. The van der Waals surface area contributed by atoms with Crippen LogP contribution in [0.1, 0.15) is 39.3 Å². The number of H-pyrrole nitrogens is 1. The molecule has 2 atom stereocenters. The highest BCUT2D eigenvalue weighted by Crippen LogP contribution is 2.08. The van der Waals surface area contributed by atoms with E-state index in [-0.39, 0.29) is 16.9 Å². The highest BCUT2D eigenvalue weighted by Gasteiger charge is 2.22. The molecule has 1 N–H and O–H groups in total. The predicted octanol–water partition coefficient (Wildman–Crippen LogP) is 1.75. The molecule has 124 valence electrons. The standard InChI is InChI=1S/C15H23NO5S/c1-4-6-20-14-9-16-12(8-13(14)17)10-22(19)11(3)15(18)21-7-5-2/h8-9,11H,4-7,10H2,1-3H3,(H,16,17). The zero-order valence-electron chi connectivity index (χ0n) is 13.2. The predicted molar refractivity (Wildman–Crippen MR) is 85.4 cm³/mol. The van der Waals surface area contributed by atoms with Crippen molar-refractivity contribution in [3.8, 4) is 5.75 Å². The summed E-state index contributed by atoms with van der Waals surface area (Å²) in [5.74, 6) is -0.150. The van der Waals surface area contributed by atoms with Crippen molar-refractivity contribution < 1.29 is 18.5 Å². The average Bonchev–Trinajstić information content (AvgIpc) is 2.51. The first-order chi connectivity index (χ1) is 10.5. The van der Waals surface area contributed by atoms with Crippen LogP contribution in [0.2, 0.25) is 0 Å². The molecule has 0 amide bonds. The molecule has 22 heavy (non-hydrogen) atoms. The SMILES string of the molecule is CCCOC(=O)C(C)S(=O)Cc1cc(=O)c(OCCC)c[nH]1. The number of esters is 1. The summed E-state index contributed by atoms with van der Waals surface area (Å²) in [6.45, 7) is 6.19. The Morgan fingerprint density at radius 2 is 2.00 bits per heavy atom. The minimum Gasteiger partial charge on any atom is -0.488 e. The van der Waals surface area contributed by atoms with Crippen LogP contribution in [0.15, 0.2) is 17.1 Å². The van der Waals surface area contributed by atoms with Gasteiger partial charge in [-0.3, -0.25) is 13.8 Å². The molecule has 6 nitrogen and oxygen atoms in total. The van der Waals surface area contributed by atoms with Crippen LogP contribution in [-0.4, -0.2) is 33.6 Å². The van der Waals surface area contributed by atoms with Gasteiger partial charge < -0.3 is 14.5 Å². The summed E-state index contributed by atoms with van der Waals surface area (Å²) in [7, 11) is -1.46. The van der Waals surface area contributed by atoms with Gasteiger partial charge in [0.15, 0.2) is 5.75 Å². The molecular weight excluding hydrogens is 306 g/mol. The quantitative estimate of drug-likeness (QED) is 0.698. The van der Waals surface area contributed by atoms with Crippen molar-refractivity contribution >= 4 is 16.8 Å². The normalized spacial score (nSPS) is 13.4. The third kappa shape index (κ3) is 5.63. The van der Waals surface area contributed by atoms with Gasteiger partial charge in [-0.05, 0) is 19.8 Å². The molecule has 0 aliphatic carbocycles. The van der Waals surface area contributed by atoms with Gasteiger partial charge in [0.2, 0.25) is 5.43 Å². The summed E-state index contributed by atoms with van der Waals surface area (Å²) in [4.78, 5) is 26.4. The lowest BCUT2D eigenvalue weighted by atomic mass is 10.3. The zero-order chi connectivity index (χ0) is 16.5. The van der Waals surface area contributed by atoms with Crippen LogP contribution in [0.25, 0.3) is 0 Å². The fraction of sp³-hybridized carbons (Fsp3) is 0.600. The number of nitrogens with one attached hydrogen (secondary N) is 1. The van der Waals surface area contributed by atoms with Crippen LogP contribution in [0.4, 0.5) is 0 Å². The van der Waals surface area contributed by atoms with E-state index < -0.39 is 22.0 Å². The molecule has 0 fully saturated rings. The molecule has 2 unspecified atom stereocenters. The Morgan fingerprint density at radius 1 is 1.32 bits per heavy atom. The van der Waals surface area contributed by atoms with Gasteiger partial charge in [-0.2, -0.15) is 0 Å². The van der Waals surface area contributed by atoms with Crippen LogP contribution >= 0.6 is 0 Å². The van der Waals surface area contributed by atoms with Gasteiger partial charge in [0.25, 0.3) is 0 Å². The molecule has 0 saturated heterocycles. The van der Waals surface area contributed by atoms with E-state index in [1.165, 1.54) is 12.3 Å². The molecule has 0 saturated carbocycles. The summed E-state index contributed by atoms with van der Waals surface area (Å²) in [6.07, 6.45) is 2.99. The molecule has 1 heterocycles. The number of carbonyl (C=O) groups excluding carboxylic acids is 1. The van der Waals surface area contributed by atoms with Gasteiger partial charge in [-0.25, -0.2) is 0 Å². The first-order valence-electron chi connectivity index (χ1n) is 7.37. The molecule has 7 heteroatoms. The molecule has 0 bridgehead atoms. The van der Waals surface area contributed by atoms with E-state index >= 15 is 0 Å². The highest BCUT2D eigenvalue weighted by molar-refractivity contribution is 7.85. The first kappa shape index (κ1) is 18.4. The number of pyridine rings is 1. The fourth-order valence-corrected chi connectivity index (χ4v) is 2.62. The number of hydrogen-bond acceptors (Lipinski definition) is 5. The van der Waals surface area contributed by atoms with Crippen LogP contribution in [-0.2, 0) is 26.1 Å². The maximum atomic E-state index is 12.1. The summed E-state index contributed by atoms with van der Waals surface area (Å²) < 4.78 is 22.4. The molecule has 0 aliphatic rings. The van der Waals surface area contributed by atoms with Crippen LogP contribution in [0.3, 0.4) is 0 Å². The number of aromatic amines is 1. The van der Waals surface area contributed by atoms with Crippen molar-refractivity contribution in [2.45, 2.75) is 44.6 Å². The smallest absolute Gasteiger partial charge is 0.321 e. The Kier molecular flexibility index (Phi) is 7.87. The van der Waals surface area contributed by atoms with E-state index in [9.17, 15) is 13.8 Å². The van der Waals surface area contributed by atoms with E-state index in [1.807, 2.05) is 13.8 Å². The molecule has 1 rings (SSSR count). The number of ether oxygens (including phenoxy) is 2. The molecule has 0 spiro atoms. The Bertz CT molecular complexity index is 569. The van der Waals surface area contributed by atoms with Crippen molar-refractivity contribution in [2.75, 3.05) is 13.2 Å². The number of rotatable bonds is 9. The second-order valence-corrected chi connectivity index (χ2v) is 6.63. The van der Waals surface area contributed by atoms with Crippen LogP contribution in [0, 0.1) is 0 Å². The number of carbonyl (C=O) groups is 1. The molecule has 1 aromatic rings. The zero-order valence-corrected chi connectivity index (χ0v) is 14.0. The van der Waals surface area contributed by atoms with Crippen molar-refractivity contribution in [3.63, 3.8) is 0 Å². The second kappa shape index (κ2) is 9.40. The Balaban J connectivity index is 2.66. The van der Waals surface area contributed by atoms with E-state index in [0.29, 0.717) is 18.9 Å². The summed E-state index contributed by atoms with van der Waals surface area (Å²) in [6, 6.07) is 1.35. The van der Waals surface area contributed by atoms with Gasteiger partial charge in [0.1, 0.15) is 5.25 Å². The minimum absolute atomic E-state index is 0.0890. The Labute approximate surface area is 132 Å². The number of hydrogen-bond donors (Lipinski definition) is 1. The van der Waals surface area contributed by atoms with Gasteiger partial charge in [-0.1, -0.05) is 13.8 Å². The molecule has 0 aromatic carbocycles. The monoisotopic (exact) mass is 329 g/mol. The van der Waals surface area contributed by atoms with E-state index in [1.54, 1.807) is 6.92 Å². The fourth-order valence-electron chi connectivity index (χ4n) is 1.61. The van der Waals surface area contributed by atoms with Crippen molar-refractivity contribution in [2.24, 2.45) is 0 Å². The summed E-state index contributed by atoms with van der Waals surface area (Å²) in [5.41, 5.74) is 0.239. The van der Waals surface area contributed by atoms with Crippen molar-refractivity contribution in [1.82, 2.24) is 4.98 Å². The number of aromatic nitrogens is 1. The third-order valence-electron chi connectivity index (χ3n) is 2.87. The lowest BCUT2D eigenvalue weighted by Gasteiger charge is -2.11. The van der Waals surface area contributed by atoms with Gasteiger partial charge >= 0.3 is 5.97 Å². The molecule has 0 aliphatic heterocycles.